The Morgan fingerprint density at radius 1 is 1.67 bits per heavy atom. The number of amides is 1. The molecule has 0 spiro atoms. The van der Waals surface area contributed by atoms with Gasteiger partial charge in [0.2, 0.25) is 5.91 Å². The second-order valence-electron chi connectivity index (χ2n) is 3.65. The Morgan fingerprint density at radius 2 is 2.40 bits per heavy atom. The number of carbonyl (C=O) groups excluding carboxylic acids is 1. The molecular formula is C10H11N3O2. The lowest BCUT2D eigenvalue weighted by atomic mass is 9.93. The van der Waals surface area contributed by atoms with Gasteiger partial charge in [-0.05, 0) is 12.8 Å². The summed E-state index contributed by atoms with van der Waals surface area (Å²) in [5.41, 5.74) is 5.38. The number of nitriles is 1. The van der Waals surface area contributed by atoms with Crippen LogP contribution in [0.5, 0.6) is 0 Å². The summed E-state index contributed by atoms with van der Waals surface area (Å²) in [5, 5.41) is 8.97. The molecular weight excluding hydrogens is 194 g/mol. The van der Waals surface area contributed by atoms with E-state index in [1.165, 1.54) is 6.20 Å². The predicted octanol–water partition coefficient (Wildman–Crippen LogP) is 0.127. The normalized spacial score (nSPS) is 29.4. The molecule has 2 aliphatic rings. The highest BCUT2D eigenvalue weighted by Crippen LogP contribution is 2.29. The maximum atomic E-state index is 11.0. The molecule has 1 amide bonds. The van der Waals surface area contributed by atoms with Crippen LogP contribution in [0.3, 0.4) is 0 Å². The Hall–Kier alpha value is -1.67. The standard InChI is InChI=1S/C10H11N3O2/c11-3-7-8(10(12)14)4-13-5-9(7)15-6-1-2-6/h4-7,9H,1-2H2,(H2,12,14). The number of ether oxygens (including phenoxy) is 1. The molecule has 2 unspecified atom stereocenters. The molecule has 5 heteroatoms. The molecule has 0 aromatic heterocycles. The van der Waals surface area contributed by atoms with Crippen LogP contribution >= 0.6 is 0 Å². The first-order chi connectivity index (χ1) is 7.22. The number of hydrogen-bond acceptors (Lipinski definition) is 4. The molecule has 1 fully saturated rings. The van der Waals surface area contributed by atoms with Crippen LogP contribution in [0.25, 0.3) is 0 Å². The van der Waals surface area contributed by atoms with Gasteiger partial charge in [-0.3, -0.25) is 9.79 Å². The van der Waals surface area contributed by atoms with Gasteiger partial charge in [-0.1, -0.05) is 0 Å². The summed E-state index contributed by atoms with van der Waals surface area (Å²) in [4.78, 5) is 14.9. The molecule has 0 bridgehead atoms. The molecule has 2 rings (SSSR count). The summed E-state index contributed by atoms with van der Waals surface area (Å²) in [5.74, 6) is -1.23. The number of carbonyl (C=O) groups is 1. The molecule has 5 nitrogen and oxygen atoms in total. The summed E-state index contributed by atoms with van der Waals surface area (Å²) >= 11 is 0. The highest BCUT2D eigenvalue weighted by Gasteiger charge is 2.34. The zero-order valence-corrected chi connectivity index (χ0v) is 8.09. The summed E-state index contributed by atoms with van der Waals surface area (Å²) in [6.07, 6.45) is 4.69. The number of nitrogens with zero attached hydrogens (tertiary/aromatic N) is 2. The number of nitrogens with two attached hydrogens (primary N) is 1. The molecule has 0 saturated heterocycles. The van der Waals surface area contributed by atoms with Crippen molar-refractivity contribution < 1.29 is 9.53 Å². The fourth-order valence-corrected chi connectivity index (χ4v) is 1.45. The predicted molar refractivity (Wildman–Crippen MR) is 52.8 cm³/mol. The van der Waals surface area contributed by atoms with Gasteiger partial charge in [0.15, 0.2) is 0 Å². The zero-order chi connectivity index (χ0) is 10.8. The average molecular weight is 205 g/mol. The van der Waals surface area contributed by atoms with E-state index in [4.69, 9.17) is 15.7 Å². The Kier molecular flexibility index (Phi) is 2.52. The quantitative estimate of drug-likeness (QED) is 0.710. The summed E-state index contributed by atoms with van der Waals surface area (Å²) in [6.45, 7) is 0. The van der Waals surface area contributed by atoms with E-state index in [0.29, 0.717) is 0 Å². The second kappa shape index (κ2) is 3.83. The maximum Gasteiger partial charge on any atom is 0.247 e. The third-order valence-corrected chi connectivity index (χ3v) is 2.41. The van der Waals surface area contributed by atoms with Crippen molar-refractivity contribution in [2.45, 2.75) is 25.0 Å². The molecule has 2 N–H and O–H groups in total. The van der Waals surface area contributed by atoms with Gasteiger partial charge in [0, 0.05) is 12.4 Å². The van der Waals surface area contributed by atoms with Gasteiger partial charge in [-0.15, -0.1) is 0 Å². The van der Waals surface area contributed by atoms with Gasteiger partial charge in [-0.25, -0.2) is 0 Å². The first-order valence-electron chi connectivity index (χ1n) is 4.80. The van der Waals surface area contributed by atoms with Crippen LogP contribution in [0.15, 0.2) is 16.8 Å². The molecule has 78 valence electrons. The highest BCUT2D eigenvalue weighted by atomic mass is 16.5. The van der Waals surface area contributed by atoms with Crippen molar-refractivity contribution in [2.24, 2.45) is 16.6 Å². The number of aliphatic imine (C=N–C) groups is 1. The number of hydrogen-bond donors (Lipinski definition) is 1. The van der Waals surface area contributed by atoms with E-state index in [0.717, 1.165) is 12.8 Å². The molecule has 1 aliphatic heterocycles. The van der Waals surface area contributed by atoms with Gasteiger partial charge in [-0.2, -0.15) is 5.26 Å². The van der Waals surface area contributed by atoms with E-state index >= 15 is 0 Å². The lowest BCUT2D eigenvalue weighted by Crippen LogP contribution is -2.34. The van der Waals surface area contributed by atoms with Crippen molar-refractivity contribution in [2.75, 3.05) is 0 Å². The zero-order valence-electron chi connectivity index (χ0n) is 8.09. The SMILES string of the molecule is N#CC1C(C(N)=O)=CN=CC1OC1CC1. The van der Waals surface area contributed by atoms with Crippen LogP contribution in [-0.2, 0) is 9.53 Å². The van der Waals surface area contributed by atoms with E-state index < -0.39 is 17.9 Å². The summed E-state index contributed by atoms with van der Waals surface area (Å²) in [7, 11) is 0. The van der Waals surface area contributed by atoms with Gasteiger partial charge in [0.1, 0.15) is 12.0 Å². The largest absolute Gasteiger partial charge is 0.368 e. The number of rotatable bonds is 3. The van der Waals surface area contributed by atoms with Crippen molar-refractivity contribution in [3.63, 3.8) is 0 Å². The molecule has 2 atom stereocenters. The molecule has 1 aliphatic carbocycles. The minimum absolute atomic E-state index is 0.213. The second-order valence-corrected chi connectivity index (χ2v) is 3.65. The minimum Gasteiger partial charge on any atom is -0.368 e. The van der Waals surface area contributed by atoms with Crippen molar-refractivity contribution in [1.82, 2.24) is 0 Å². The van der Waals surface area contributed by atoms with Gasteiger partial charge < -0.3 is 10.5 Å². The van der Waals surface area contributed by atoms with E-state index in [1.807, 2.05) is 6.07 Å². The van der Waals surface area contributed by atoms with Crippen molar-refractivity contribution in [3.05, 3.63) is 11.8 Å². The Labute approximate surface area is 87.2 Å². The molecule has 15 heavy (non-hydrogen) atoms. The van der Waals surface area contributed by atoms with Crippen LogP contribution in [-0.4, -0.2) is 24.3 Å². The van der Waals surface area contributed by atoms with Crippen LogP contribution in [0.2, 0.25) is 0 Å². The molecule has 0 radical (unpaired) electrons. The van der Waals surface area contributed by atoms with Crippen LogP contribution in [0.1, 0.15) is 12.8 Å². The Balaban J connectivity index is 2.14. The summed E-state index contributed by atoms with van der Waals surface area (Å²) in [6, 6.07) is 2.03. The third kappa shape index (κ3) is 2.05. The van der Waals surface area contributed by atoms with E-state index in [1.54, 1.807) is 6.21 Å². The fraction of sp³-hybridized carbons (Fsp3) is 0.500. The minimum atomic E-state index is -0.624. The van der Waals surface area contributed by atoms with E-state index in [9.17, 15) is 4.79 Å². The highest BCUT2D eigenvalue weighted by molar-refractivity contribution is 5.95. The first kappa shape index (κ1) is 9.87. The Morgan fingerprint density at radius 3 is 2.93 bits per heavy atom. The maximum absolute atomic E-state index is 11.0. The summed E-state index contributed by atoms with van der Waals surface area (Å²) < 4.78 is 5.57. The monoisotopic (exact) mass is 205 g/mol. The van der Waals surface area contributed by atoms with Crippen molar-refractivity contribution >= 4 is 12.1 Å². The first-order valence-corrected chi connectivity index (χ1v) is 4.80. The molecule has 0 aromatic carbocycles. The lowest BCUT2D eigenvalue weighted by Gasteiger charge is -2.21. The molecule has 0 aromatic rings. The lowest BCUT2D eigenvalue weighted by molar-refractivity contribution is -0.115. The number of primary amides is 1. The average Bonchev–Trinajstić information content (AvgIpc) is 3.01. The van der Waals surface area contributed by atoms with Gasteiger partial charge >= 0.3 is 0 Å². The van der Waals surface area contributed by atoms with Crippen molar-refractivity contribution in [3.8, 4) is 6.07 Å². The van der Waals surface area contributed by atoms with E-state index in [2.05, 4.69) is 4.99 Å². The molecule has 1 heterocycles. The smallest absolute Gasteiger partial charge is 0.247 e. The third-order valence-electron chi connectivity index (χ3n) is 2.41. The topological polar surface area (TPSA) is 88.5 Å². The fourth-order valence-electron chi connectivity index (χ4n) is 1.45. The molecule has 1 saturated carbocycles. The van der Waals surface area contributed by atoms with Crippen LogP contribution < -0.4 is 5.73 Å². The van der Waals surface area contributed by atoms with Crippen LogP contribution in [0, 0.1) is 17.2 Å². The van der Waals surface area contributed by atoms with Crippen molar-refractivity contribution in [1.29, 1.82) is 5.26 Å². The Bertz CT molecular complexity index is 377. The van der Waals surface area contributed by atoms with E-state index in [-0.39, 0.29) is 11.7 Å². The van der Waals surface area contributed by atoms with Gasteiger partial charge in [0.05, 0.1) is 17.7 Å². The van der Waals surface area contributed by atoms with Crippen LogP contribution in [0.4, 0.5) is 0 Å². The van der Waals surface area contributed by atoms with Gasteiger partial charge in [0.25, 0.3) is 0 Å².